The molecule has 0 nitrogen and oxygen atoms in total. The average molecular weight is 739 g/mol. The smallest absolute Gasteiger partial charge is 0.00139 e. The summed E-state index contributed by atoms with van der Waals surface area (Å²) in [5, 5.41) is 10.0. The second-order valence-electron chi connectivity index (χ2n) is 15.4. The summed E-state index contributed by atoms with van der Waals surface area (Å²) in [4.78, 5) is 0. The maximum atomic E-state index is 2.35. The van der Waals surface area contributed by atoms with E-state index in [0.29, 0.717) is 0 Å². The molecule has 58 heavy (non-hydrogen) atoms. The first-order valence-electron chi connectivity index (χ1n) is 20.2. The van der Waals surface area contributed by atoms with E-state index >= 15 is 0 Å². The second kappa shape index (κ2) is 15.0. The Kier molecular flexibility index (Phi) is 9.09. The Balaban J connectivity index is 1.23. The third kappa shape index (κ3) is 6.49. The van der Waals surface area contributed by atoms with Gasteiger partial charge in [-0.15, -0.1) is 0 Å². The molecule has 0 saturated heterocycles. The molecule has 0 fully saturated rings. The van der Waals surface area contributed by atoms with Crippen LogP contribution in [0.3, 0.4) is 0 Å². The third-order valence-corrected chi connectivity index (χ3v) is 11.4. The van der Waals surface area contributed by atoms with Crippen LogP contribution in [0.2, 0.25) is 0 Å². The molecule has 0 aliphatic heterocycles. The Morgan fingerprint density at radius 2 is 0.500 bits per heavy atom. The summed E-state index contributed by atoms with van der Waals surface area (Å²) in [7, 11) is 0. The van der Waals surface area contributed by atoms with Gasteiger partial charge in [-0.1, -0.05) is 206 Å². The zero-order chi connectivity index (χ0) is 39.0. The Bertz CT molecular complexity index is 2880. The fourth-order valence-corrected chi connectivity index (χ4v) is 9.04. The standard InChI is InChI=1S/C58H42/c1-39-33-43(31-29-41-17-5-3-6-18-41)37-45(35-39)55-47-21-9-13-25-51(47)57(52-26-14-10-22-48(52)55)58-53-27-15-11-23-49(53)56(50-24-12-16-28-54(50)58)46-36-40(2)34-44(38-46)32-30-42-19-7-4-8-20-42/h3-38H,1-2H3/b31-29-,32-30-. The predicted octanol–water partition coefficient (Wildman–Crippen LogP) is 16.3. The molecule has 10 aromatic rings. The highest BCUT2D eigenvalue weighted by Crippen LogP contribution is 2.50. The molecule has 0 N–H and O–H groups in total. The maximum Gasteiger partial charge on any atom is -0.00139 e. The van der Waals surface area contributed by atoms with Gasteiger partial charge < -0.3 is 0 Å². The zero-order valence-electron chi connectivity index (χ0n) is 32.8. The quantitative estimate of drug-likeness (QED) is 0.113. The van der Waals surface area contributed by atoms with Gasteiger partial charge in [0.1, 0.15) is 0 Å². The van der Waals surface area contributed by atoms with Crippen molar-refractivity contribution in [3.8, 4) is 33.4 Å². The Labute approximate surface area is 340 Å². The van der Waals surface area contributed by atoms with Crippen LogP contribution in [0.1, 0.15) is 33.4 Å². The predicted molar refractivity (Wildman–Crippen MR) is 253 cm³/mol. The zero-order valence-corrected chi connectivity index (χ0v) is 32.8. The van der Waals surface area contributed by atoms with Crippen molar-refractivity contribution >= 4 is 67.4 Å². The van der Waals surface area contributed by atoms with E-state index in [9.17, 15) is 0 Å². The van der Waals surface area contributed by atoms with Gasteiger partial charge in [-0.25, -0.2) is 0 Å². The summed E-state index contributed by atoms with van der Waals surface area (Å²) >= 11 is 0. The highest BCUT2D eigenvalue weighted by molar-refractivity contribution is 6.30. The minimum Gasteiger partial charge on any atom is -0.0622 e. The number of rotatable bonds is 7. The average Bonchev–Trinajstić information content (AvgIpc) is 3.26. The molecule has 0 heteroatoms. The van der Waals surface area contributed by atoms with Crippen molar-refractivity contribution in [3.05, 3.63) is 228 Å². The molecular formula is C58H42. The summed E-state index contributed by atoms with van der Waals surface area (Å²) in [6.07, 6.45) is 8.88. The van der Waals surface area contributed by atoms with E-state index in [1.807, 2.05) is 0 Å². The minimum atomic E-state index is 1.19. The van der Waals surface area contributed by atoms with Gasteiger partial charge in [-0.05, 0) is 136 Å². The van der Waals surface area contributed by atoms with E-state index in [-0.39, 0.29) is 0 Å². The Morgan fingerprint density at radius 1 is 0.241 bits per heavy atom. The van der Waals surface area contributed by atoms with Crippen LogP contribution < -0.4 is 0 Å². The highest BCUT2D eigenvalue weighted by Gasteiger charge is 2.22. The van der Waals surface area contributed by atoms with Gasteiger partial charge in [-0.2, -0.15) is 0 Å². The molecule has 0 atom stereocenters. The summed E-state index contributed by atoms with van der Waals surface area (Å²) in [5.41, 5.74) is 14.8. The molecule has 10 rings (SSSR count). The van der Waals surface area contributed by atoms with Crippen LogP contribution >= 0.6 is 0 Å². The lowest BCUT2D eigenvalue weighted by Gasteiger charge is -2.22. The molecule has 274 valence electrons. The number of hydrogen-bond acceptors (Lipinski definition) is 0. The van der Waals surface area contributed by atoms with Crippen LogP contribution in [0.25, 0.3) is 101 Å². The maximum absolute atomic E-state index is 2.35. The molecule has 0 bridgehead atoms. The molecule has 0 amide bonds. The lowest BCUT2D eigenvalue weighted by Crippen LogP contribution is -1.95. The minimum absolute atomic E-state index is 1.19. The van der Waals surface area contributed by atoms with E-state index in [4.69, 9.17) is 0 Å². The Morgan fingerprint density at radius 3 is 0.810 bits per heavy atom. The summed E-state index contributed by atoms with van der Waals surface area (Å²) in [5.74, 6) is 0. The van der Waals surface area contributed by atoms with Gasteiger partial charge in [0.2, 0.25) is 0 Å². The summed E-state index contributed by atoms with van der Waals surface area (Å²) < 4.78 is 0. The lowest BCUT2D eigenvalue weighted by atomic mass is 9.80. The lowest BCUT2D eigenvalue weighted by molar-refractivity contribution is 1.46. The first-order chi connectivity index (χ1) is 28.6. The van der Waals surface area contributed by atoms with Crippen molar-refractivity contribution in [2.45, 2.75) is 13.8 Å². The molecular weight excluding hydrogens is 697 g/mol. The van der Waals surface area contributed by atoms with Crippen molar-refractivity contribution in [1.29, 1.82) is 0 Å². The van der Waals surface area contributed by atoms with E-state index in [0.717, 1.165) is 0 Å². The number of aryl methyl sites for hydroxylation is 2. The molecule has 0 aliphatic rings. The first-order valence-corrected chi connectivity index (χ1v) is 20.2. The van der Waals surface area contributed by atoms with E-state index in [1.165, 1.54) is 110 Å². The van der Waals surface area contributed by atoms with Gasteiger partial charge in [-0.3, -0.25) is 0 Å². The molecule has 10 aromatic carbocycles. The van der Waals surface area contributed by atoms with Crippen LogP contribution in [0.4, 0.5) is 0 Å². The van der Waals surface area contributed by atoms with Crippen molar-refractivity contribution in [1.82, 2.24) is 0 Å². The molecule has 0 aliphatic carbocycles. The van der Waals surface area contributed by atoms with E-state index < -0.39 is 0 Å². The SMILES string of the molecule is Cc1cc(/C=C\c2ccccc2)cc(-c2c3ccccc3c(-c3c4ccccc4c(-c4cc(C)cc(/C=C\c5ccccc5)c4)c4ccccc34)c3ccccc23)c1. The third-order valence-electron chi connectivity index (χ3n) is 11.4. The summed E-state index contributed by atoms with van der Waals surface area (Å²) in [6, 6.07) is 71.2. The van der Waals surface area contributed by atoms with E-state index in [2.05, 4.69) is 232 Å². The van der Waals surface area contributed by atoms with E-state index in [1.54, 1.807) is 0 Å². The number of hydrogen-bond donors (Lipinski definition) is 0. The molecule has 0 spiro atoms. The van der Waals surface area contributed by atoms with Crippen LogP contribution in [0, 0.1) is 13.8 Å². The summed E-state index contributed by atoms with van der Waals surface area (Å²) in [6.45, 7) is 4.41. The van der Waals surface area contributed by atoms with Gasteiger partial charge in [0.15, 0.2) is 0 Å². The molecule has 0 radical (unpaired) electrons. The van der Waals surface area contributed by atoms with Gasteiger partial charge >= 0.3 is 0 Å². The normalized spacial score (nSPS) is 11.8. The molecule has 0 saturated carbocycles. The van der Waals surface area contributed by atoms with Gasteiger partial charge in [0.25, 0.3) is 0 Å². The van der Waals surface area contributed by atoms with Crippen molar-refractivity contribution in [2.24, 2.45) is 0 Å². The van der Waals surface area contributed by atoms with Gasteiger partial charge in [0.05, 0.1) is 0 Å². The van der Waals surface area contributed by atoms with Crippen molar-refractivity contribution in [3.63, 3.8) is 0 Å². The van der Waals surface area contributed by atoms with Crippen LogP contribution in [0.5, 0.6) is 0 Å². The van der Waals surface area contributed by atoms with Crippen LogP contribution in [-0.2, 0) is 0 Å². The molecule has 0 unspecified atom stereocenters. The topological polar surface area (TPSA) is 0 Å². The monoisotopic (exact) mass is 738 g/mol. The van der Waals surface area contributed by atoms with Crippen molar-refractivity contribution in [2.75, 3.05) is 0 Å². The van der Waals surface area contributed by atoms with Crippen molar-refractivity contribution < 1.29 is 0 Å². The van der Waals surface area contributed by atoms with Crippen LogP contribution in [-0.4, -0.2) is 0 Å². The fourth-order valence-electron chi connectivity index (χ4n) is 9.04. The fraction of sp³-hybridized carbons (Fsp3) is 0.0345. The number of benzene rings is 10. The second-order valence-corrected chi connectivity index (χ2v) is 15.4. The highest BCUT2D eigenvalue weighted by atomic mass is 14.2. The number of fused-ring (bicyclic) bond motifs is 4. The molecule has 0 aromatic heterocycles. The van der Waals surface area contributed by atoms with Gasteiger partial charge in [0, 0.05) is 0 Å². The first kappa shape index (κ1) is 35.2. The molecule has 0 heterocycles. The Hall–Kier alpha value is -7.28. The largest absolute Gasteiger partial charge is 0.0622 e. The van der Waals surface area contributed by atoms with Crippen LogP contribution in [0.15, 0.2) is 194 Å².